The molecule has 0 spiro atoms. The van der Waals surface area contributed by atoms with Gasteiger partial charge in [0.25, 0.3) is 0 Å². The van der Waals surface area contributed by atoms with Crippen LogP contribution in [-0.4, -0.2) is 16.3 Å². The van der Waals surface area contributed by atoms with E-state index in [0.29, 0.717) is 10.8 Å². The lowest BCUT2D eigenvalue weighted by Crippen LogP contribution is -2.23. The van der Waals surface area contributed by atoms with Gasteiger partial charge in [0.15, 0.2) is 0 Å². The second-order valence-corrected chi connectivity index (χ2v) is 4.57. The van der Waals surface area contributed by atoms with Gasteiger partial charge in [-0.15, -0.1) is 0 Å². The van der Waals surface area contributed by atoms with E-state index in [1.54, 1.807) is 4.68 Å². The molecule has 1 aliphatic heterocycles. The monoisotopic (exact) mass is 248 g/mol. The predicted octanol–water partition coefficient (Wildman–Crippen LogP) is 1.75. The molecule has 0 unspecified atom stereocenters. The number of nitrogen functional groups attached to an aromatic ring is 1. The number of benzene rings is 1. The molecular formula is C12H13ClN4. The van der Waals surface area contributed by atoms with E-state index in [-0.39, 0.29) is 0 Å². The number of nitrogens with one attached hydrogen (secondary N) is 1. The van der Waals surface area contributed by atoms with Crippen LogP contribution in [0.2, 0.25) is 5.02 Å². The molecule has 2 heterocycles. The van der Waals surface area contributed by atoms with E-state index in [4.69, 9.17) is 17.3 Å². The highest BCUT2D eigenvalue weighted by Gasteiger charge is 2.18. The van der Waals surface area contributed by atoms with Crippen molar-refractivity contribution in [3.05, 3.63) is 40.5 Å². The lowest BCUT2D eigenvalue weighted by atomic mass is 10.1. The first kappa shape index (κ1) is 10.6. The molecule has 1 aromatic carbocycles. The third-order valence-corrected chi connectivity index (χ3v) is 3.23. The fraction of sp³-hybridized carbons (Fsp3) is 0.250. The summed E-state index contributed by atoms with van der Waals surface area (Å²) in [5, 5.41) is 8.54. The molecule has 0 aliphatic carbocycles. The number of nitrogens with zero attached hydrogens (tertiary/aromatic N) is 2. The Kier molecular flexibility index (Phi) is 2.53. The van der Waals surface area contributed by atoms with E-state index in [2.05, 4.69) is 10.4 Å². The van der Waals surface area contributed by atoms with Crippen LogP contribution in [0.15, 0.2) is 24.3 Å². The van der Waals surface area contributed by atoms with Crippen molar-refractivity contribution in [1.82, 2.24) is 15.1 Å². The molecular weight excluding hydrogens is 236 g/mol. The Hall–Kier alpha value is -1.52. The zero-order valence-electron chi connectivity index (χ0n) is 9.28. The van der Waals surface area contributed by atoms with Crippen molar-refractivity contribution in [2.24, 2.45) is 0 Å². The summed E-state index contributed by atoms with van der Waals surface area (Å²) in [5.41, 5.74) is 9.22. The smallest absolute Gasteiger partial charge is 0.132 e. The second-order valence-electron chi connectivity index (χ2n) is 4.13. The van der Waals surface area contributed by atoms with Crippen LogP contribution in [-0.2, 0) is 13.0 Å². The molecule has 3 rings (SSSR count). The molecule has 0 saturated carbocycles. The highest BCUT2D eigenvalue weighted by molar-refractivity contribution is 6.30. The maximum atomic E-state index is 6.12. The lowest BCUT2D eigenvalue weighted by molar-refractivity contribution is 0.636. The minimum absolute atomic E-state index is 0.688. The van der Waals surface area contributed by atoms with Crippen molar-refractivity contribution < 1.29 is 0 Å². The highest BCUT2D eigenvalue weighted by atomic mass is 35.5. The zero-order valence-corrected chi connectivity index (χ0v) is 10.0. The van der Waals surface area contributed by atoms with Gasteiger partial charge in [0.1, 0.15) is 5.82 Å². The summed E-state index contributed by atoms with van der Waals surface area (Å²) >= 11 is 5.98. The van der Waals surface area contributed by atoms with Gasteiger partial charge in [0.2, 0.25) is 0 Å². The molecule has 0 bridgehead atoms. The van der Waals surface area contributed by atoms with Gasteiger partial charge >= 0.3 is 0 Å². The standard InChI is InChI=1S/C12H13ClN4/c13-8-2-1-3-9(6-8)17-12(14)10-7-15-5-4-11(10)16-17/h1-3,6,15H,4-5,7,14H2. The average molecular weight is 249 g/mol. The molecule has 1 aromatic heterocycles. The van der Waals surface area contributed by atoms with Crippen LogP contribution in [0.25, 0.3) is 5.69 Å². The van der Waals surface area contributed by atoms with Gasteiger partial charge in [-0.25, -0.2) is 4.68 Å². The van der Waals surface area contributed by atoms with Gasteiger partial charge < -0.3 is 11.1 Å². The summed E-state index contributed by atoms with van der Waals surface area (Å²) in [6.45, 7) is 1.75. The van der Waals surface area contributed by atoms with Crippen molar-refractivity contribution in [2.45, 2.75) is 13.0 Å². The maximum Gasteiger partial charge on any atom is 0.132 e. The van der Waals surface area contributed by atoms with Crippen LogP contribution in [0.4, 0.5) is 5.82 Å². The van der Waals surface area contributed by atoms with Gasteiger partial charge in [0.05, 0.1) is 11.4 Å². The summed E-state index contributed by atoms with van der Waals surface area (Å²) in [6.07, 6.45) is 0.924. The second kappa shape index (κ2) is 4.05. The van der Waals surface area contributed by atoms with Gasteiger partial charge in [-0.3, -0.25) is 0 Å². The molecule has 0 amide bonds. The summed E-state index contributed by atoms with van der Waals surface area (Å²) < 4.78 is 1.77. The average Bonchev–Trinajstić information content (AvgIpc) is 2.68. The molecule has 0 radical (unpaired) electrons. The number of halogens is 1. The summed E-state index contributed by atoms with van der Waals surface area (Å²) in [4.78, 5) is 0. The Morgan fingerprint density at radius 2 is 2.29 bits per heavy atom. The van der Waals surface area contributed by atoms with Gasteiger partial charge in [0, 0.05) is 30.1 Å². The molecule has 2 aromatic rings. The Morgan fingerprint density at radius 1 is 1.41 bits per heavy atom. The van der Waals surface area contributed by atoms with E-state index in [1.165, 1.54) is 0 Å². The first-order valence-corrected chi connectivity index (χ1v) is 5.96. The van der Waals surface area contributed by atoms with Crippen LogP contribution in [0.5, 0.6) is 0 Å². The third-order valence-electron chi connectivity index (χ3n) is 3.00. The van der Waals surface area contributed by atoms with E-state index in [0.717, 1.165) is 36.5 Å². The topological polar surface area (TPSA) is 55.9 Å². The zero-order chi connectivity index (χ0) is 11.8. The number of nitrogens with two attached hydrogens (primary N) is 1. The molecule has 3 N–H and O–H groups in total. The predicted molar refractivity (Wildman–Crippen MR) is 68.4 cm³/mol. The number of hydrogen-bond donors (Lipinski definition) is 2. The molecule has 5 heteroatoms. The first-order chi connectivity index (χ1) is 8.25. The molecule has 4 nitrogen and oxygen atoms in total. The Labute approximate surface area is 104 Å². The normalized spacial score (nSPS) is 14.6. The first-order valence-electron chi connectivity index (χ1n) is 5.58. The summed E-state index contributed by atoms with van der Waals surface area (Å²) in [6, 6.07) is 7.56. The minimum Gasteiger partial charge on any atom is -0.383 e. The van der Waals surface area contributed by atoms with E-state index >= 15 is 0 Å². The fourth-order valence-electron chi connectivity index (χ4n) is 2.13. The van der Waals surface area contributed by atoms with Crippen molar-refractivity contribution in [3.8, 4) is 5.69 Å². The number of rotatable bonds is 1. The third kappa shape index (κ3) is 1.79. The molecule has 88 valence electrons. The Morgan fingerprint density at radius 3 is 3.06 bits per heavy atom. The van der Waals surface area contributed by atoms with Crippen molar-refractivity contribution >= 4 is 17.4 Å². The van der Waals surface area contributed by atoms with Gasteiger partial charge in [-0.1, -0.05) is 17.7 Å². The Balaban J connectivity index is 2.12. The summed E-state index contributed by atoms with van der Waals surface area (Å²) in [7, 11) is 0. The quantitative estimate of drug-likeness (QED) is 0.809. The van der Waals surface area contributed by atoms with Gasteiger partial charge in [-0.2, -0.15) is 5.10 Å². The number of anilines is 1. The number of fused-ring (bicyclic) bond motifs is 1. The van der Waals surface area contributed by atoms with Crippen LogP contribution in [0.1, 0.15) is 11.3 Å². The van der Waals surface area contributed by atoms with Crippen LogP contribution in [0.3, 0.4) is 0 Å². The fourth-order valence-corrected chi connectivity index (χ4v) is 2.31. The molecule has 17 heavy (non-hydrogen) atoms. The minimum atomic E-state index is 0.688. The number of aromatic nitrogens is 2. The van der Waals surface area contributed by atoms with Crippen LogP contribution in [0, 0.1) is 0 Å². The van der Waals surface area contributed by atoms with Crippen molar-refractivity contribution in [3.63, 3.8) is 0 Å². The largest absolute Gasteiger partial charge is 0.383 e. The lowest BCUT2D eigenvalue weighted by Gasteiger charge is -2.10. The highest BCUT2D eigenvalue weighted by Crippen LogP contribution is 2.24. The molecule has 0 fully saturated rings. The van der Waals surface area contributed by atoms with Crippen molar-refractivity contribution in [1.29, 1.82) is 0 Å². The molecule has 0 saturated heterocycles. The van der Waals surface area contributed by atoms with E-state index < -0.39 is 0 Å². The SMILES string of the molecule is Nc1c2c(nn1-c1cccc(Cl)c1)CCNC2. The van der Waals surface area contributed by atoms with Gasteiger partial charge in [-0.05, 0) is 18.2 Å². The Bertz CT molecular complexity index is 562. The summed E-state index contributed by atoms with van der Waals surface area (Å²) in [5.74, 6) is 0.703. The van der Waals surface area contributed by atoms with Crippen LogP contribution < -0.4 is 11.1 Å². The maximum absolute atomic E-state index is 6.12. The van der Waals surface area contributed by atoms with E-state index in [9.17, 15) is 0 Å². The van der Waals surface area contributed by atoms with Crippen molar-refractivity contribution in [2.75, 3.05) is 12.3 Å². The van der Waals surface area contributed by atoms with Crippen LogP contribution >= 0.6 is 11.6 Å². The molecule has 0 atom stereocenters. The molecule has 1 aliphatic rings. The number of hydrogen-bond acceptors (Lipinski definition) is 3. The van der Waals surface area contributed by atoms with E-state index in [1.807, 2.05) is 24.3 Å².